The number of hydrogen-bond donors (Lipinski definition) is 1. The van der Waals surface area contributed by atoms with E-state index in [1.54, 1.807) is 23.2 Å². The van der Waals surface area contributed by atoms with E-state index in [-0.39, 0.29) is 5.91 Å². The Hall–Kier alpha value is -2.18. The molecule has 2 aromatic rings. The summed E-state index contributed by atoms with van der Waals surface area (Å²) in [5.41, 5.74) is 1.49. The third-order valence-corrected chi connectivity index (χ3v) is 3.84. The van der Waals surface area contributed by atoms with Crippen molar-refractivity contribution in [3.63, 3.8) is 0 Å². The number of β-amino-alcohol motifs (C(OH)–C–C–N with tert-alkyl or cyclic N) is 1. The number of hydrogen-bond acceptors (Lipinski definition) is 5. The van der Waals surface area contributed by atoms with Crippen LogP contribution < -0.4 is 0 Å². The lowest BCUT2D eigenvalue weighted by atomic mass is 10.1. The molecule has 1 aliphatic heterocycles. The molecule has 1 aromatic carbocycles. The summed E-state index contributed by atoms with van der Waals surface area (Å²) in [5.74, 6) is 0.615. The van der Waals surface area contributed by atoms with Crippen LogP contribution in [0.3, 0.4) is 0 Å². The van der Waals surface area contributed by atoms with Crippen LogP contribution in [0.1, 0.15) is 10.4 Å². The first-order chi connectivity index (χ1) is 10.6. The van der Waals surface area contributed by atoms with Crippen molar-refractivity contribution < 1.29 is 14.3 Å². The molecule has 1 aliphatic rings. The summed E-state index contributed by atoms with van der Waals surface area (Å²) in [6.45, 7) is 2.34. The lowest BCUT2D eigenvalue weighted by molar-refractivity contribution is 0.0667. The zero-order chi connectivity index (χ0) is 15.5. The third kappa shape index (κ3) is 3.18. The number of likely N-dealkylation sites (N-methyl/N-ethyl adjacent to an activating group) is 1. The molecule has 1 saturated heterocycles. The van der Waals surface area contributed by atoms with Gasteiger partial charge in [-0.2, -0.15) is 0 Å². The molecule has 0 radical (unpaired) electrons. The van der Waals surface area contributed by atoms with Crippen LogP contribution in [0.4, 0.5) is 0 Å². The zero-order valence-electron chi connectivity index (χ0n) is 12.5. The van der Waals surface area contributed by atoms with Crippen molar-refractivity contribution in [1.29, 1.82) is 0 Å². The third-order valence-electron chi connectivity index (χ3n) is 3.84. The van der Waals surface area contributed by atoms with Crippen molar-refractivity contribution >= 4 is 5.91 Å². The fraction of sp³-hybridized carbons (Fsp3) is 0.375. The SMILES string of the molecule is CN1CCN(C(=O)c2ccc(-c3cnco3)cc2)CC(O)C1. The maximum absolute atomic E-state index is 12.6. The molecule has 1 N–H and O–H groups in total. The van der Waals surface area contributed by atoms with Gasteiger partial charge in [0.15, 0.2) is 12.2 Å². The summed E-state index contributed by atoms with van der Waals surface area (Å²) >= 11 is 0. The first-order valence-electron chi connectivity index (χ1n) is 7.28. The van der Waals surface area contributed by atoms with E-state index in [0.717, 1.165) is 12.1 Å². The number of oxazole rings is 1. The van der Waals surface area contributed by atoms with Gasteiger partial charge in [-0.05, 0) is 19.2 Å². The van der Waals surface area contributed by atoms with E-state index in [9.17, 15) is 9.90 Å². The van der Waals surface area contributed by atoms with Gasteiger partial charge in [0.2, 0.25) is 0 Å². The second-order valence-corrected chi connectivity index (χ2v) is 5.61. The van der Waals surface area contributed by atoms with E-state index in [4.69, 9.17) is 4.42 Å². The highest BCUT2D eigenvalue weighted by Crippen LogP contribution is 2.19. The van der Waals surface area contributed by atoms with Gasteiger partial charge < -0.3 is 19.3 Å². The van der Waals surface area contributed by atoms with Gasteiger partial charge >= 0.3 is 0 Å². The minimum Gasteiger partial charge on any atom is -0.444 e. The molecule has 0 spiro atoms. The first kappa shape index (κ1) is 14.7. The molecule has 0 saturated carbocycles. The summed E-state index contributed by atoms with van der Waals surface area (Å²) in [7, 11) is 1.95. The Balaban J connectivity index is 1.74. The predicted molar refractivity (Wildman–Crippen MR) is 81.3 cm³/mol. The molecule has 0 bridgehead atoms. The van der Waals surface area contributed by atoms with Gasteiger partial charge in [0.05, 0.1) is 12.3 Å². The summed E-state index contributed by atoms with van der Waals surface area (Å²) in [6.07, 6.45) is 2.51. The highest BCUT2D eigenvalue weighted by molar-refractivity contribution is 5.94. The number of benzene rings is 1. The molecule has 3 rings (SSSR count). The van der Waals surface area contributed by atoms with Crippen LogP contribution in [0.25, 0.3) is 11.3 Å². The molecule has 1 unspecified atom stereocenters. The molecule has 1 atom stereocenters. The van der Waals surface area contributed by atoms with Crippen LogP contribution in [-0.4, -0.2) is 65.1 Å². The van der Waals surface area contributed by atoms with E-state index >= 15 is 0 Å². The molecule has 1 aromatic heterocycles. The number of carbonyl (C=O) groups excluding carboxylic acids is 1. The van der Waals surface area contributed by atoms with Crippen LogP contribution >= 0.6 is 0 Å². The lowest BCUT2D eigenvalue weighted by Gasteiger charge is -2.21. The van der Waals surface area contributed by atoms with Crippen molar-refractivity contribution in [2.75, 3.05) is 33.2 Å². The lowest BCUT2D eigenvalue weighted by Crippen LogP contribution is -2.37. The fourth-order valence-electron chi connectivity index (χ4n) is 2.65. The molecular weight excluding hydrogens is 282 g/mol. The second kappa shape index (κ2) is 6.29. The van der Waals surface area contributed by atoms with Crippen LogP contribution in [-0.2, 0) is 0 Å². The Bertz CT molecular complexity index is 625. The average molecular weight is 301 g/mol. The Morgan fingerprint density at radius 2 is 2.05 bits per heavy atom. The molecular formula is C16H19N3O3. The first-order valence-corrected chi connectivity index (χ1v) is 7.28. The van der Waals surface area contributed by atoms with E-state index in [1.807, 2.05) is 24.1 Å². The Morgan fingerprint density at radius 1 is 1.27 bits per heavy atom. The van der Waals surface area contributed by atoms with Gasteiger partial charge in [0, 0.05) is 37.3 Å². The minimum absolute atomic E-state index is 0.0570. The van der Waals surface area contributed by atoms with Crippen LogP contribution in [0.2, 0.25) is 0 Å². The van der Waals surface area contributed by atoms with Gasteiger partial charge in [-0.3, -0.25) is 4.79 Å². The molecule has 116 valence electrons. The Labute approximate surface area is 129 Å². The maximum Gasteiger partial charge on any atom is 0.253 e. The molecule has 0 aliphatic carbocycles. The van der Waals surface area contributed by atoms with Crippen LogP contribution in [0, 0.1) is 0 Å². The predicted octanol–water partition coefficient (Wildman–Crippen LogP) is 1.09. The number of aromatic nitrogens is 1. The smallest absolute Gasteiger partial charge is 0.253 e. The number of rotatable bonds is 2. The van der Waals surface area contributed by atoms with Crippen LogP contribution in [0.5, 0.6) is 0 Å². The highest BCUT2D eigenvalue weighted by atomic mass is 16.3. The van der Waals surface area contributed by atoms with Gasteiger partial charge in [-0.15, -0.1) is 0 Å². The summed E-state index contributed by atoms with van der Waals surface area (Å²) in [5, 5.41) is 9.94. The van der Waals surface area contributed by atoms with Gasteiger partial charge in [-0.25, -0.2) is 4.98 Å². The van der Waals surface area contributed by atoms with Gasteiger partial charge in [0.1, 0.15) is 0 Å². The van der Waals surface area contributed by atoms with Crippen molar-refractivity contribution in [2.24, 2.45) is 0 Å². The van der Waals surface area contributed by atoms with E-state index in [2.05, 4.69) is 4.98 Å². The molecule has 6 heteroatoms. The van der Waals surface area contributed by atoms with E-state index in [1.165, 1.54) is 6.39 Å². The fourth-order valence-corrected chi connectivity index (χ4v) is 2.65. The standard InChI is InChI=1S/C16H19N3O3/c1-18-6-7-19(10-14(20)9-18)16(21)13-4-2-12(3-5-13)15-8-17-11-22-15/h2-5,8,11,14,20H,6-7,9-10H2,1H3. The molecule has 1 fully saturated rings. The van der Waals surface area contributed by atoms with Crippen LogP contribution in [0.15, 0.2) is 41.3 Å². The average Bonchev–Trinajstić information content (AvgIpc) is 2.99. The van der Waals surface area contributed by atoms with Crippen molar-refractivity contribution in [2.45, 2.75) is 6.10 Å². The Kier molecular flexibility index (Phi) is 4.22. The van der Waals surface area contributed by atoms with E-state index in [0.29, 0.717) is 31.0 Å². The largest absolute Gasteiger partial charge is 0.444 e. The van der Waals surface area contributed by atoms with Gasteiger partial charge in [0.25, 0.3) is 5.91 Å². The zero-order valence-corrected chi connectivity index (χ0v) is 12.5. The number of carbonyl (C=O) groups is 1. The second-order valence-electron chi connectivity index (χ2n) is 5.61. The number of aliphatic hydroxyl groups is 1. The number of aliphatic hydroxyl groups excluding tert-OH is 1. The topological polar surface area (TPSA) is 69.8 Å². The molecule has 2 heterocycles. The summed E-state index contributed by atoms with van der Waals surface area (Å²) < 4.78 is 5.23. The van der Waals surface area contributed by atoms with Gasteiger partial charge in [-0.1, -0.05) is 12.1 Å². The summed E-state index contributed by atoms with van der Waals surface area (Å²) in [6, 6.07) is 7.24. The highest BCUT2D eigenvalue weighted by Gasteiger charge is 2.23. The van der Waals surface area contributed by atoms with Crippen molar-refractivity contribution in [3.8, 4) is 11.3 Å². The number of amides is 1. The van der Waals surface area contributed by atoms with E-state index < -0.39 is 6.10 Å². The summed E-state index contributed by atoms with van der Waals surface area (Å²) in [4.78, 5) is 20.2. The molecule has 6 nitrogen and oxygen atoms in total. The number of nitrogens with zero attached hydrogens (tertiary/aromatic N) is 3. The normalized spacial score (nSPS) is 19.9. The monoisotopic (exact) mass is 301 g/mol. The van der Waals surface area contributed by atoms with Crippen molar-refractivity contribution in [1.82, 2.24) is 14.8 Å². The molecule has 1 amide bonds. The molecule has 22 heavy (non-hydrogen) atoms. The quantitative estimate of drug-likeness (QED) is 0.899. The minimum atomic E-state index is -0.509. The maximum atomic E-state index is 12.6. The Morgan fingerprint density at radius 3 is 2.73 bits per heavy atom. The van der Waals surface area contributed by atoms with Crippen molar-refractivity contribution in [3.05, 3.63) is 42.4 Å².